The molecule has 1 aromatic rings. The second kappa shape index (κ2) is 9.10. The second-order valence-corrected chi connectivity index (χ2v) is 4.09. The van der Waals surface area contributed by atoms with E-state index in [1.807, 2.05) is 0 Å². The number of hydrogen-bond donors (Lipinski definition) is 2. The Balaban J connectivity index is 2.77. The number of ether oxygens (including phenoxy) is 1. The molecule has 0 saturated heterocycles. The highest BCUT2D eigenvalue weighted by molar-refractivity contribution is 5.94. The van der Waals surface area contributed by atoms with Gasteiger partial charge in [-0.15, -0.1) is 0 Å². The molecule has 0 fully saturated rings. The van der Waals surface area contributed by atoms with Gasteiger partial charge in [0, 0.05) is 31.3 Å². The maximum atomic E-state index is 12.3. The molecule has 0 aromatic heterocycles. The molecule has 1 aromatic carbocycles. The van der Waals surface area contributed by atoms with Crippen LogP contribution >= 0.6 is 0 Å². The van der Waals surface area contributed by atoms with Crippen molar-refractivity contribution in [1.29, 1.82) is 0 Å². The van der Waals surface area contributed by atoms with Gasteiger partial charge >= 0.3 is 0 Å². The van der Waals surface area contributed by atoms with Gasteiger partial charge in [-0.05, 0) is 24.3 Å². The van der Waals surface area contributed by atoms with Gasteiger partial charge in [0.15, 0.2) is 0 Å². The monoisotopic (exact) mass is 276 g/mol. The Kier molecular flexibility index (Phi) is 7.36. The van der Waals surface area contributed by atoms with Crippen LogP contribution in [0.25, 0.3) is 0 Å². The van der Waals surface area contributed by atoms with Crippen molar-refractivity contribution in [2.24, 2.45) is 5.73 Å². The number of amides is 1. The van der Waals surface area contributed by atoms with E-state index in [0.29, 0.717) is 25.3 Å². The van der Waals surface area contributed by atoms with Gasteiger partial charge in [-0.2, -0.15) is 0 Å². The number of methoxy groups -OCH3 is 1. The van der Waals surface area contributed by atoms with Crippen molar-refractivity contribution < 1.29 is 14.6 Å². The summed E-state index contributed by atoms with van der Waals surface area (Å²) >= 11 is 0. The summed E-state index contributed by atoms with van der Waals surface area (Å²) in [4.78, 5) is 13.8. The van der Waals surface area contributed by atoms with Crippen LogP contribution in [0.1, 0.15) is 15.9 Å². The summed E-state index contributed by atoms with van der Waals surface area (Å²) in [7, 11) is 1.58. The van der Waals surface area contributed by atoms with Gasteiger partial charge in [0.05, 0.1) is 19.8 Å². The van der Waals surface area contributed by atoms with Crippen molar-refractivity contribution in [2.75, 3.05) is 40.0 Å². The predicted molar refractivity (Wildman–Crippen MR) is 77.2 cm³/mol. The Morgan fingerprint density at radius 3 is 2.60 bits per heavy atom. The van der Waals surface area contributed by atoms with E-state index in [0.717, 1.165) is 5.56 Å². The highest BCUT2D eigenvalue weighted by Crippen LogP contribution is 2.07. The maximum absolute atomic E-state index is 12.3. The third kappa shape index (κ3) is 5.02. The molecule has 0 unspecified atom stereocenters. The van der Waals surface area contributed by atoms with E-state index in [2.05, 4.69) is 11.8 Å². The Hall–Kier alpha value is -1.87. The number of aliphatic hydroxyl groups is 1. The smallest absolute Gasteiger partial charge is 0.254 e. The largest absolute Gasteiger partial charge is 0.395 e. The van der Waals surface area contributed by atoms with E-state index in [1.54, 1.807) is 36.3 Å². The minimum atomic E-state index is -0.130. The van der Waals surface area contributed by atoms with Crippen molar-refractivity contribution >= 4 is 5.91 Å². The van der Waals surface area contributed by atoms with Crippen LogP contribution in [0.5, 0.6) is 0 Å². The van der Waals surface area contributed by atoms with Gasteiger partial charge < -0.3 is 20.5 Å². The summed E-state index contributed by atoms with van der Waals surface area (Å²) in [6, 6.07) is 7.01. The molecule has 1 rings (SSSR count). The molecular weight excluding hydrogens is 256 g/mol. The van der Waals surface area contributed by atoms with Gasteiger partial charge in [-0.3, -0.25) is 4.79 Å². The lowest BCUT2D eigenvalue weighted by molar-refractivity contribution is 0.0656. The van der Waals surface area contributed by atoms with E-state index < -0.39 is 0 Å². The number of benzene rings is 1. The first-order valence-corrected chi connectivity index (χ1v) is 6.41. The molecule has 0 atom stereocenters. The van der Waals surface area contributed by atoms with Crippen LogP contribution < -0.4 is 5.73 Å². The molecule has 0 aliphatic heterocycles. The molecule has 0 bridgehead atoms. The Morgan fingerprint density at radius 1 is 1.35 bits per heavy atom. The molecule has 5 heteroatoms. The normalized spacial score (nSPS) is 9.75. The first-order chi connectivity index (χ1) is 9.72. The van der Waals surface area contributed by atoms with Crippen LogP contribution in [0.4, 0.5) is 0 Å². The van der Waals surface area contributed by atoms with Crippen LogP contribution in [0.15, 0.2) is 24.3 Å². The fraction of sp³-hybridized carbons (Fsp3) is 0.400. The molecule has 0 radical (unpaired) electrons. The van der Waals surface area contributed by atoms with E-state index in [-0.39, 0.29) is 19.1 Å². The Bertz CT molecular complexity index is 474. The molecule has 0 aliphatic carbocycles. The Morgan fingerprint density at radius 2 is 2.05 bits per heavy atom. The molecule has 5 nitrogen and oxygen atoms in total. The zero-order valence-corrected chi connectivity index (χ0v) is 11.6. The summed E-state index contributed by atoms with van der Waals surface area (Å²) < 4.78 is 4.96. The number of nitrogens with two attached hydrogens (primary N) is 1. The Labute approximate surface area is 119 Å². The van der Waals surface area contributed by atoms with Crippen LogP contribution in [0.3, 0.4) is 0 Å². The molecule has 0 aliphatic rings. The summed E-state index contributed by atoms with van der Waals surface area (Å²) in [5.41, 5.74) is 6.68. The summed E-state index contributed by atoms with van der Waals surface area (Å²) in [6.07, 6.45) is 0. The fourth-order valence-corrected chi connectivity index (χ4v) is 1.67. The van der Waals surface area contributed by atoms with Crippen LogP contribution in [0, 0.1) is 11.8 Å². The average Bonchev–Trinajstić information content (AvgIpc) is 2.49. The first-order valence-electron chi connectivity index (χ1n) is 6.41. The third-order valence-electron chi connectivity index (χ3n) is 2.69. The zero-order chi connectivity index (χ0) is 14.8. The number of carbonyl (C=O) groups is 1. The van der Waals surface area contributed by atoms with Crippen molar-refractivity contribution in [3.63, 3.8) is 0 Å². The quantitative estimate of drug-likeness (QED) is 0.721. The van der Waals surface area contributed by atoms with Crippen molar-refractivity contribution in [3.05, 3.63) is 35.4 Å². The van der Waals surface area contributed by atoms with Crippen molar-refractivity contribution in [1.82, 2.24) is 4.90 Å². The van der Waals surface area contributed by atoms with E-state index in [9.17, 15) is 4.79 Å². The highest BCUT2D eigenvalue weighted by atomic mass is 16.5. The van der Waals surface area contributed by atoms with Crippen molar-refractivity contribution in [3.8, 4) is 11.8 Å². The van der Waals surface area contributed by atoms with E-state index >= 15 is 0 Å². The predicted octanol–water partition coefficient (Wildman–Crippen LogP) is 0.0777. The summed E-state index contributed by atoms with van der Waals surface area (Å²) in [5.74, 6) is 5.53. The van der Waals surface area contributed by atoms with Gasteiger partial charge in [0.25, 0.3) is 5.91 Å². The fourth-order valence-electron chi connectivity index (χ4n) is 1.67. The summed E-state index contributed by atoms with van der Waals surface area (Å²) in [6.45, 7) is 1.41. The molecule has 3 N–H and O–H groups in total. The zero-order valence-electron chi connectivity index (χ0n) is 11.6. The molecule has 0 spiro atoms. The number of rotatable bonds is 6. The molecule has 20 heavy (non-hydrogen) atoms. The molecule has 0 heterocycles. The van der Waals surface area contributed by atoms with Gasteiger partial charge in [0.1, 0.15) is 0 Å². The molecule has 108 valence electrons. The van der Waals surface area contributed by atoms with E-state index in [4.69, 9.17) is 15.6 Å². The lowest BCUT2D eigenvalue weighted by atomic mass is 10.1. The minimum Gasteiger partial charge on any atom is -0.395 e. The molecular formula is C15H20N2O3. The number of carbonyl (C=O) groups excluding carboxylic acids is 1. The van der Waals surface area contributed by atoms with Gasteiger partial charge in [-0.1, -0.05) is 11.8 Å². The lowest BCUT2D eigenvalue weighted by Gasteiger charge is -2.21. The van der Waals surface area contributed by atoms with Crippen LogP contribution in [0.2, 0.25) is 0 Å². The molecule has 1 amide bonds. The first kappa shape index (κ1) is 16.2. The third-order valence-corrected chi connectivity index (χ3v) is 2.69. The van der Waals surface area contributed by atoms with E-state index in [1.165, 1.54) is 0 Å². The highest BCUT2D eigenvalue weighted by Gasteiger charge is 2.14. The average molecular weight is 276 g/mol. The number of hydrogen-bond acceptors (Lipinski definition) is 4. The lowest BCUT2D eigenvalue weighted by Crippen LogP contribution is -2.36. The van der Waals surface area contributed by atoms with Crippen LogP contribution in [-0.4, -0.2) is 55.9 Å². The maximum Gasteiger partial charge on any atom is 0.254 e. The number of nitrogens with zero attached hydrogens (tertiary/aromatic N) is 1. The van der Waals surface area contributed by atoms with Gasteiger partial charge in [-0.25, -0.2) is 0 Å². The van der Waals surface area contributed by atoms with Gasteiger partial charge in [0.2, 0.25) is 0 Å². The SMILES string of the molecule is COCCN(CCO)C(=O)c1ccc(C#CCN)cc1. The minimum absolute atomic E-state index is 0.0739. The molecule has 0 saturated carbocycles. The number of aliphatic hydroxyl groups excluding tert-OH is 1. The van der Waals surface area contributed by atoms with Crippen molar-refractivity contribution in [2.45, 2.75) is 0 Å². The van der Waals surface area contributed by atoms with Crippen LogP contribution in [-0.2, 0) is 4.74 Å². The second-order valence-electron chi connectivity index (χ2n) is 4.09. The topological polar surface area (TPSA) is 75.8 Å². The summed E-state index contributed by atoms with van der Waals surface area (Å²) in [5, 5.41) is 9.01. The standard InChI is InChI=1S/C15H20N2O3/c1-20-12-10-17(9-11-18)15(19)14-6-4-13(5-7-14)3-2-8-16/h4-7,18H,8-12,16H2,1H3.